The van der Waals surface area contributed by atoms with Crippen LogP contribution in [0.5, 0.6) is 0 Å². The minimum Gasteiger partial charge on any atom is -0.379 e. The van der Waals surface area contributed by atoms with Gasteiger partial charge in [-0.3, -0.25) is 9.59 Å². The standard InChI is InChI=1S/C23H26F3N7O3/c24-23(25,26)21-18(12-29-31-22(21)35)33-7-1-2-17(33)14-36-9-6-20(34)30-16-5-8-32(13-16)19-4-3-15(10-27)11-28-19/h3-4,11-12,16-17H,1-2,5-9,13-14H2,(H,30,34)(H,31,35)/t16?,17-/m0/s1. The van der Waals surface area contributed by atoms with E-state index in [9.17, 15) is 22.8 Å². The maximum Gasteiger partial charge on any atom is 0.423 e. The lowest BCUT2D eigenvalue weighted by Crippen LogP contribution is -2.38. The zero-order valence-electron chi connectivity index (χ0n) is 19.4. The van der Waals surface area contributed by atoms with E-state index in [2.05, 4.69) is 15.4 Å². The molecule has 0 radical (unpaired) electrons. The average molecular weight is 506 g/mol. The Morgan fingerprint density at radius 3 is 2.83 bits per heavy atom. The molecule has 36 heavy (non-hydrogen) atoms. The summed E-state index contributed by atoms with van der Waals surface area (Å²) in [6.45, 7) is 1.96. The highest BCUT2D eigenvalue weighted by atomic mass is 19.4. The number of rotatable bonds is 8. The van der Waals surface area contributed by atoms with Gasteiger partial charge < -0.3 is 19.9 Å². The second-order valence-corrected chi connectivity index (χ2v) is 8.79. The Hall–Kier alpha value is -3.66. The van der Waals surface area contributed by atoms with Crippen molar-refractivity contribution in [2.75, 3.05) is 42.6 Å². The number of ether oxygens (including phenoxy) is 1. The highest BCUT2D eigenvalue weighted by Crippen LogP contribution is 2.36. The second-order valence-electron chi connectivity index (χ2n) is 8.79. The molecular weight excluding hydrogens is 479 g/mol. The molecule has 0 aromatic carbocycles. The van der Waals surface area contributed by atoms with Crippen LogP contribution in [0, 0.1) is 11.3 Å². The number of hydrogen-bond donors (Lipinski definition) is 2. The van der Waals surface area contributed by atoms with Gasteiger partial charge in [0.2, 0.25) is 5.91 Å². The molecule has 1 amide bonds. The molecule has 2 aromatic rings. The van der Waals surface area contributed by atoms with Gasteiger partial charge >= 0.3 is 6.18 Å². The fourth-order valence-electron chi connectivity index (χ4n) is 4.62. The van der Waals surface area contributed by atoms with Crippen molar-refractivity contribution in [1.82, 2.24) is 20.5 Å². The molecular formula is C23H26F3N7O3. The predicted octanol–water partition coefficient (Wildman–Crippen LogP) is 1.83. The van der Waals surface area contributed by atoms with Crippen molar-refractivity contribution >= 4 is 17.4 Å². The highest BCUT2D eigenvalue weighted by molar-refractivity contribution is 5.76. The smallest absolute Gasteiger partial charge is 0.379 e. The summed E-state index contributed by atoms with van der Waals surface area (Å²) in [5, 5.41) is 17.2. The molecule has 10 nitrogen and oxygen atoms in total. The molecule has 2 aliphatic heterocycles. The average Bonchev–Trinajstić information content (AvgIpc) is 3.50. The van der Waals surface area contributed by atoms with Crippen molar-refractivity contribution in [2.45, 2.75) is 43.9 Å². The van der Waals surface area contributed by atoms with E-state index in [1.165, 1.54) is 11.1 Å². The van der Waals surface area contributed by atoms with Crippen molar-refractivity contribution in [3.05, 3.63) is 46.0 Å². The minimum absolute atomic E-state index is 0.0373. The zero-order valence-corrected chi connectivity index (χ0v) is 19.4. The number of nitriles is 1. The van der Waals surface area contributed by atoms with Crippen LogP contribution in [0.4, 0.5) is 24.7 Å². The quantitative estimate of drug-likeness (QED) is 0.521. The van der Waals surface area contributed by atoms with Crippen LogP contribution in [0.25, 0.3) is 0 Å². The fourth-order valence-corrected chi connectivity index (χ4v) is 4.62. The van der Waals surface area contributed by atoms with E-state index < -0.39 is 17.3 Å². The molecule has 1 unspecified atom stereocenters. The number of nitrogens with one attached hydrogen (secondary N) is 2. The third-order valence-corrected chi connectivity index (χ3v) is 6.34. The largest absolute Gasteiger partial charge is 0.423 e. The number of halogens is 3. The highest BCUT2D eigenvalue weighted by Gasteiger charge is 2.40. The summed E-state index contributed by atoms with van der Waals surface area (Å²) in [5.74, 6) is 0.579. The lowest BCUT2D eigenvalue weighted by atomic mass is 10.2. The molecule has 2 fully saturated rings. The number of carbonyl (C=O) groups excluding carboxylic acids is 1. The number of aromatic nitrogens is 3. The van der Waals surface area contributed by atoms with E-state index in [1.54, 1.807) is 12.1 Å². The van der Waals surface area contributed by atoms with E-state index >= 15 is 0 Å². The van der Waals surface area contributed by atoms with E-state index in [0.29, 0.717) is 31.5 Å². The topological polar surface area (TPSA) is 127 Å². The number of hydrogen-bond acceptors (Lipinski definition) is 8. The first kappa shape index (κ1) is 25.4. The molecule has 2 saturated heterocycles. The van der Waals surface area contributed by atoms with Crippen LogP contribution >= 0.6 is 0 Å². The first-order valence-electron chi connectivity index (χ1n) is 11.7. The van der Waals surface area contributed by atoms with Crippen LogP contribution in [-0.4, -0.2) is 66.0 Å². The molecule has 4 heterocycles. The van der Waals surface area contributed by atoms with Crippen LogP contribution in [0.1, 0.15) is 36.8 Å². The number of nitrogens with zero attached hydrogens (tertiary/aromatic N) is 5. The second kappa shape index (κ2) is 10.9. The number of pyridine rings is 1. The summed E-state index contributed by atoms with van der Waals surface area (Å²) < 4.78 is 45.9. The molecule has 0 saturated carbocycles. The summed E-state index contributed by atoms with van der Waals surface area (Å²) in [6, 6.07) is 5.13. The molecule has 0 aliphatic carbocycles. The van der Waals surface area contributed by atoms with E-state index in [4.69, 9.17) is 10.00 Å². The van der Waals surface area contributed by atoms with Crippen LogP contribution in [0.3, 0.4) is 0 Å². The minimum atomic E-state index is -4.80. The van der Waals surface area contributed by atoms with E-state index in [0.717, 1.165) is 25.0 Å². The Morgan fingerprint density at radius 1 is 1.28 bits per heavy atom. The van der Waals surface area contributed by atoms with Gasteiger partial charge in [0.15, 0.2) is 0 Å². The Morgan fingerprint density at radius 2 is 2.11 bits per heavy atom. The van der Waals surface area contributed by atoms with Crippen LogP contribution in [0.15, 0.2) is 29.3 Å². The lowest BCUT2D eigenvalue weighted by molar-refractivity contribution is -0.138. The number of anilines is 2. The molecule has 192 valence electrons. The molecule has 2 atom stereocenters. The molecule has 0 spiro atoms. The van der Waals surface area contributed by atoms with Crippen molar-refractivity contribution in [1.29, 1.82) is 5.26 Å². The Bertz CT molecular complexity index is 1160. The number of H-pyrrole nitrogens is 1. The number of amides is 1. The van der Waals surface area contributed by atoms with Crippen LogP contribution in [-0.2, 0) is 15.7 Å². The number of alkyl halides is 3. The van der Waals surface area contributed by atoms with Crippen molar-refractivity contribution < 1.29 is 22.7 Å². The third kappa shape index (κ3) is 5.93. The van der Waals surface area contributed by atoms with Gasteiger partial charge in [0, 0.05) is 38.3 Å². The van der Waals surface area contributed by atoms with Crippen molar-refractivity contribution in [3.63, 3.8) is 0 Å². The Labute approximate surface area is 205 Å². The van der Waals surface area contributed by atoms with Crippen molar-refractivity contribution in [3.8, 4) is 6.07 Å². The monoisotopic (exact) mass is 505 g/mol. The van der Waals surface area contributed by atoms with Gasteiger partial charge in [-0.2, -0.15) is 23.5 Å². The molecule has 2 aromatic heterocycles. The van der Waals surface area contributed by atoms with Gasteiger partial charge in [0.05, 0.1) is 36.7 Å². The molecule has 2 aliphatic rings. The number of aromatic amines is 1. The first-order chi connectivity index (χ1) is 17.3. The van der Waals surface area contributed by atoms with Gasteiger partial charge in [-0.1, -0.05) is 0 Å². The van der Waals surface area contributed by atoms with Crippen LogP contribution in [0.2, 0.25) is 0 Å². The lowest BCUT2D eigenvalue weighted by Gasteiger charge is -2.28. The Kier molecular flexibility index (Phi) is 7.73. The van der Waals surface area contributed by atoms with E-state index in [-0.39, 0.29) is 43.3 Å². The third-order valence-electron chi connectivity index (χ3n) is 6.34. The fraction of sp³-hybridized carbons (Fsp3) is 0.522. The summed E-state index contributed by atoms with van der Waals surface area (Å²) >= 11 is 0. The summed E-state index contributed by atoms with van der Waals surface area (Å²) in [7, 11) is 0. The first-order valence-corrected chi connectivity index (χ1v) is 11.7. The maximum atomic E-state index is 13.4. The maximum absolute atomic E-state index is 13.4. The Balaban J connectivity index is 1.22. The molecule has 0 bridgehead atoms. The molecule has 2 N–H and O–H groups in total. The van der Waals surface area contributed by atoms with Crippen molar-refractivity contribution in [2.24, 2.45) is 0 Å². The molecule has 13 heteroatoms. The van der Waals surface area contributed by atoms with Gasteiger partial charge in [-0.15, -0.1) is 0 Å². The number of carbonyl (C=O) groups is 1. The normalized spacial score (nSPS) is 19.9. The van der Waals surface area contributed by atoms with E-state index in [1.807, 2.05) is 16.1 Å². The van der Waals surface area contributed by atoms with Gasteiger partial charge in [-0.05, 0) is 31.4 Å². The summed E-state index contributed by atoms with van der Waals surface area (Å²) in [4.78, 5) is 32.0. The molecule has 4 rings (SSSR count). The van der Waals surface area contributed by atoms with Gasteiger partial charge in [-0.25, -0.2) is 10.1 Å². The predicted molar refractivity (Wildman–Crippen MR) is 123 cm³/mol. The van der Waals surface area contributed by atoms with Crippen LogP contribution < -0.4 is 20.7 Å². The summed E-state index contributed by atoms with van der Waals surface area (Å²) in [5.41, 5.74) is -2.30. The van der Waals surface area contributed by atoms with Gasteiger partial charge in [0.25, 0.3) is 5.56 Å². The zero-order chi connectivity index (χ0) is 25.7. The van der Waals surface area contributed by atoms with Gasteiger partial charge in [0.1, 0.15) is 17.5 Å². The summed E-state index contributed by atoms with van der Waals surface area (Å²) in [6.07, 6.45) is -0.114. The SMILES string of the molecule is N#Cc1ccc(N2CCC(NC(=O)CCOC[C@@H]3CCCN3c3cn[nH]c(=O)c3C(F)(F)F)C2)nc1.